The Morgan fingerprint density at radius 2 is 1.81 bits per heavy atom. The zero-order valence-electron chi connectivity index (χ0n) is 10.8. The van der Waals surface area contributed by atoms with Crippen LogP contribution in [0.2, 0.25) is 0 Å². The average molecular weight is 223 g/mol. The van der Waals surface area contributed by atoms with Gasteiger partial charge in [-0.05, 0) is 38.5 Å². The molecule has 16 heavy (non-hydrogen) atoms. The smallest absolute Gasteiger partial charge is 0.135 e. The van der Waals surface area contributed by atoms with Crippen LogP contribution < -0.4 is 0 Å². The lowest BCUT2D eigenvalue weighted by atomic mass is 9.75. The van der Waals surface area contributed by atoms with Crippen molar-refractivity contribution in [3.05, 3.63) is 0 Å². The van der Waals surface area contributed by atoms with Crippen molar-refractivity contribution in [3.63, 3.8) is 0 Å². The fraction of sp³-hybridized carbons (Fsp3) is 0.929. The summed E-state index contributed by atoms with van der Waals surface area (Å²) in [5, 5.41) is 0. The molecule has 0 aromatic heterocycles. The molecule has 0 amide bonds. The molecule has 0 aromatic rings. The van der Waals surface area contributed by atoms with Gasteiger partial charge in [0.25, 0.3) is 0 Å². The molecule has 2 nitrogen and oxygen atoms in total. The van der Waals surface area contributed by atoms with E-state index in [4.69, 9.17) is 0 Å². The van der Waals surface area contributed by atoms with E-state index in [0.29, 0.717) is 11.3 Å². The minimum absolute atomic E-state index is 0.395. The predicted octanol–water partition coefficient (Wildman–Crippen LogP) is 3.01. The van der Waals surface area contributed by atoms with E-state index in [1.807, 2.05) is 0 Å². The summed E-state index contributed by atoms with van der Waals surface area (Å²) in [7, 11) is 0. The van der Waals surface area contributed by atoms with Crippen molar-refractivity contribution in [1.29, 1.82) is 0 Å². The van der Waals surface area contributed by atoms with E-state index >= 15 is 0 Å². The Kier molecular flexibility index (Phi) is 3.68. The van der Waals surface area contributed by atoms with Crippen LogP contribution >= 0.6 is 0 Å². The second-order valence-corrected chi connectivity index (χ2v) is 5.87. The van der Waals surface area contributed by atoms with Gasteiger partial charge in [-0.1, -0.05) is 13.3 Å². The third kappa shape index (κ3) is 2.48. The molecule has 1 saturated heterocycles. The number of piperidine rings is 1. The molecule has 2 rings (SSSR count). The monoisotopic (exact) mass is 223 g/mol. The summed E-state index contributed by atoms with van der Waals surface area (Å²) in [5.74, 6) is 1.42. The maximum Gasteiger partial charge on any atom is 0.135 e. The maximum atomic E-state index is 11.3. The Balaban J connectivity index is 1.90. The van der Waals surface area contributed by atoms with Crippen molar-refractivity contribution in [2.24, 2.45) is 5.92 Å². The van der Waals surface area contributed by atoms with Gasteiger partial charge in [0.2, 0.25) is 0 Å². The Bertz CT molecular complexity index is 243. The van der Waals surface area contributed by atoms with E-state index in [1.165, 1.54) is 32.1 Å². The van der Waals surface area contributed by atoms with Crippen LogP contribution in [-0.2, 0) is 4.79 Å². The van der Waals surface area contributed by atoms with Crippen LogP contribution in [0.15, 0.2) is 0 Å². The molecular formula is C14H25NO. The molecule has 0 unspecified atom stereocenters. The molecule has 2 heteroatoms. The van der Waals surface area contributed by atoms with Crippen molar-refractivity contribution in [3.8, 4) is 0 Å². The number of likely N-dealkylation sites (tertiary alicyclic amines) is 1. The first kappa shape index (κ1) is 12.1. The molecule has 0 radical (unpaired) electrons. The molecule has 1 aliphatic carbocycles. The minimum Gasteiger partial charge on any atom is -0.300 e. The highest BCUT2D eigenvalue weighted by Gasteiger charge is 2.37. The highest BCUT2D eigenvalue weighted by Crippen LogP contribution is 2.38. The number of Topliss-reactive ketones (excluding diaryl/α,β-unsaturated/α-hetero) is 1. The minimum atomic E-state index is 0.395. The largest absolute Gasteiger partial charge is 0.300 e. The van der Waals surface area contributed by atoms with Crippen LogP contribution in [0, 0.1) is 5.92 Å². The van der Waals surface area contributed by atoms with E-state index in [-0.39, 0.29) is 0 Å². The van der Waals surface area contributed by atoms with Gasteiger partial charge in [0.1, 0.15) is 5.78 Å². The second-order valence-electron chi connectivity index (χ2n) is 5.87. The van der Waals surface area contributed by atoms with Gasteiger partial charge in [0.15, 0.2) is 0 Å². The molecule has 0 N–H and O–H groups in total. The number of nitrogens with zero attached hydrogens (tertiary/aromatic N) is 1. The SMILES string of the molecule is CCC1CCC(C)(N2CCC(=O)CC2)CC1. The third-order valence-electron chi connectivity index (χ3n) is 4.84. The molecule has 2 fully saturated rings. The zero-order chi connectivity index (χ0) is 11.6. The Labute approximate surface area is 99.4 Å². The molecule has 0 aromatic carbocycles. The number of ketones is 1. The summed E-state index contributed by atoms with van der Waals surface area (Å²) in [4.78, 5) is 13.9. The Morgan fingerprint density at radius 1 is 1.25 bits per heavy atom. The number of carbonyl (C=O) groups excluding carboxylic acids is 1. The van der Waals surface area contributed by atoms with Gasteiger partial charge in [-0.15, -0.1) is 0 Å². The number of hydrogen-bond donors (Lipinski definition) is 0. The highest BCUT2D eigenvalue weighted by molar-refractivity contribution is 5.79. The fourth-order valence-electron chi connectivity index (χ4n) is 3.32. The average Bonchev–Trinajstić information content (AvgIpc) is 2.31. The number of hydrogen-bond acceptors (Lipinski definition) is 2. The van der Waals surface area contributed by atoms with Gasteiger partial charge < -0.3 is 0 Å². The third-order valence-corrected chi connectivity index (χ3v) is 4.84. The molecule has 1 heterocycles. The van der Waals surface area contributed by atoms with Crippen molar-refractivity contribution in [1.82, 2.24) is 4.90 Å². The number of carbonyl (C=O) groups is 1. The summed E-state index contributed by atoms with van der Waals surface area (Å²) in [6.45, 7) is 6.74. The van der Waals surface area contributed by atoms with Crippen molar-refractivity contribution >= 4 is 5.78 Å². The van der Waals surface area contributed by atoms with Gasteiger partial charge in [-0.2, -0.15) is 0 Å². The normalized spacial score (nSPS) is 37.6. The Morgan fingerprint density at radius 3 is 2.31 bits per heavy atom. The molecule has 92 valence electrons. The lowest BCUT2D eigenvalue weighted by Crippen LogP contribution is -2.51. The lowest BCUT2D eigenvalue weighted by Gasteiger charge is -2.47. The molecule has 1 saturated carbocycles. The van der Waals surface area contributed by atoms with E-state index in [2.05, 4.69) is 18.7 Å². The first-order valence-corrected chi connectivity index (χ1v) is 6.91. The van der Waals surface area contributed by atoms with Crippen LogP contribution in [0.25, 0.3) is 0 Å². The molecule has 0 bridgehead atoms. The predicted molar refractivity (Wildman–Crippen MR) is 66.5 cm³/mol. The zero-order valence-corrected chi connectivity index (χ0v) is 10.8. The van der Waals surface area contributed by atoms with Crippen LogP contribution in [0.3, 0.4) is 0 Å². The van der Waals surface area contributed by atoms with Gasteiger partial charge in [-0.25, -0.2) is 0 Å². The standard InChI is InChI=1S/C14H25NO/c1-3-12-4-8-14(2,9-5-12)15-10-6-13(16)7-11-15/h12H,3-11H2,1-2H3. The summed E-state index contributed by atoms with van der Waals surface area (Å²) in [6, 6.07) is 0. The van der Waals surface area contributed by atoms with Crippen molar-refractivity contribution < 1.29 is 4.79 Å². The first-order chi connectivity index (χ1) is 7.64. The summed E-state index contributed by atoms with van der Waals surface area (Å²) >= 11 is 0. The second kappa shape index (κ2) is 4.87. The number of rotatable bonds is 2. The topological polar surface area (TPSA) is 20.3 Å². The van der Waals surface area contributed by atoms with Crippen molar-refractivity contribution in [2.75, 3.05) is 13.1 Å². The fourth-order valence-corrected chi connectivity index (χ4v) is 3.32. The maximum absolute atomic E-state index is 11.3. The van der Waals surface area contributed by atoms with E-state index in [1.54, 1.807) is 0 Å². The highest BCUT2D eigenvalue weighted by atomic mass is 16.1. The first-order valence-electron chi connectivity index (χ1n) is 6.91. The molecular weight excluding hydrogens is 198 g/mol. The molecule has 0 spiro atoms. The van der Waals surface area contributed by atoms with E-state index in [9.17, 15) is 4.79 Å². The molecule has 0 atom stereocenters. The Hall–Kier alpha value is -0.370. The summed E-state index contributed by atoms with van der Waals surface area (Å²) in [5.41, 5.74) is 0.395. The van der Waals surface area contributed by atoms with Crippen LogP contribution in [-0.4, -0.2) is 29.3 Å². The van der Waals surface area contributed by atoms with Gasteiger partial charge >= 0.3 is 0 Å². The lowest BCUT2D eigenvalue weighted by molar-refractivity contribution is -0.123. The van der Waals surface area contributed by atoms with Crippen LogP contribution in [0.5, 0.6) is 0 Å². The van der Waals surface area contributed by atoms with Gasteiger partial charge in [0.05, 0.1) is 0 Å². The van der Waals surface area contributed by atoms with Gasteiger partial charge in [0, 0.05) is 31.5 Å². The van der Waals surface area contributed by atoms with E-state index < -0.39 is 0 Å². The van der Waals surface area contributed by atoms with Crippen LogP contribution in [0.4, 0.5) is 0 Å². The van der Waals surface area contributed by atoms with Crippen molar-refractivity contribution in [2.45, 2.75) is 64.3 Å². The summed E-state index contributed by atoms with van der Waals surface area (Å²) < 4.78 is 0. The summed E-state index contributed by atoms with van der Waals surface area (Å²) in [6.07, 6.45) is 8.35. The van der Waals surface area contributed by atoms with Crippen LogP contribution in [0.1, 0.15) is 58.8 Å². The molecule has 2 aliphatic rings. The van der Waals surface area contributed by atoms with Gasteiger partial charge in [-0.3, -0.25) is 9.69 Å². The molecule has 1 aliphatic heterocycles. The van der Waals surface area contributed by atoms with E-state index in [0.717, 1.165) is 31.8 Å². The quantitative estimate of drug-likeness (QED) is 0.717.